The number of nitrogens with one attached hydrogen (secondary N) is 1. The van der Waals surface area contributed by atoms with Crippen molar-refractivity contribution >= 4 is 23.2 Å². The fourth-order valence-electron chi connectivity index (χ4n) is 2.50. The van der Waals surface area contributed by atoms with Crippen LogP contribution < -0.4 is 10.6 Å². The first kappa shape index (κ1) is 17.5. The number of hydrogen-bond acceptors (Lipinski definition) is 1. The van der Waals surface area contributed by atoms with Crippen molar-refractivity contribution in [2.75, 3.05) is 5.32 Å². The number of quaternary nitrogens is 1. The van der Waals surface area contributed by atoms with Crippen molar-refractivity contribution in [3.05, 3.63) is 64.7 Å². The van der Waals surface area contributed by atoms with Gasteiger partial charge < -0.3 is 10.6 Å². The number of benzene rings is 2. The van der Waals surface area contributed by atoms with E-state index < -0.39 is 0 Å². The van der Waals surface area contributed by atoms with Crippen molar-refractivity contribution in [1.29, 1.82) is 0 Å². The van der Waals surface area contributed by atoms with Crippen molar-refractivity contribution in [2.45, 2.75) is 39.3 Å². The van der Waals surface area contributed by atoms with Crippen LogP contribution in [0, 0.1) is 0 Å². The summed E-state index contributed by atoms with van der Waals surface area (Å²) < 4.78 is 0. The van der Waals surface area contributed by atoms with Crippen LogP contribution in [0.4, 0.5) is 5.69 Å². The molecule has 2 aromatic carbocycles. The first-order valence-electron chi connectivity index (χ1n) is 8.00. The largest absolute Gasteiger partial charge is 0.330 e. The van der Waals surface area contributed by atoms with E-state index in [1.165, 1.54) is 5.56 Å². The van der Waals surface area contributed by atoms with Crippen LogP contribution >= 0.6 is 11.6 Å². The lowest BCUT2D eigenvalue weighted by Gasteiger charge is -2.17. The Morgan fingerprint density at radius 2 is 1.87 bits per heavy atom. The van der Waals surface area contributed by atoms with Crippen LogP contribution in [-0.2, 0) is 11.2 Å². The average Bonchev–Trinajstić information content (AvgIpc) is 2.55. The highest BCUT2D eigenvalue weighted by Crippen LogP contribution is 2.15. The Kier molecular flexibility index (Phi) is 6.20. The Morgan fingerprint density at radius 1 is 1.17 bits per heavy atom. The number of halogens is 1. The van der Waals surface area contributed by atoms with Crippen LogP contribution in [0.5, 0.6) is 0 Å². The normalized spacial score (nSPS) is 13.4. The molecule has 0 fully saturated rings. The Hall–Kier alpha value is -1.84. The van der Waals surface area contributed by atoms with Crippen LogP contribution in [-0.4, -0.2) is 11.9 Å². The van der Waals surface area contributed by atoms with Gasteiger partial charge in [0.25, 0.3) is 5.91 Å². The highest BCUT2D eigenvalue weighted by Gasteiger charge is 2.20. The van der Waals surface area contributed by atoms with Crippen LogP contribution in [0.1, 0.15) is 37.9 Å². The Bertz CT molecular complexity index is 655. The van der Waals surface area contributed by atoms with E-state index in [0.29, 0.717) is 0 Å². The number of rotatable bonds is 6. The van der Waals surface area contributed by atoms with Gasteiger partial charge in [-0.3, -0.25) is 4.79 Å². The van der Waals surface area contributed by atoms with Gasteiger partial charge in [-0.05, 0) is 50.1 Å². The van der Waals surface area contributed by atoms with Gasteiger partial charge >= 0.3 is 0 Å². The highest BCUT2D eigenvalue weighted by atomic mass is 35.5. The molecule has 3 N–H and O–H groups in total. The zero-order chi connectivity index (χ0) is 16.8. The van der Waals surface area contributed by atoms with Crippen molar-refractivity contribution in [3.8, 4) is 0 Å². The fourth-order valence-corrected chi connectivity index (χ4v) is 2.70. The lowest BCUT2D eigenvalue weighted by molar-refractivity contribution is -0.709. The Morgan fingerprint density at radius 3 is 2.48 bits per heavy atom. The van der Waals surface area contributed by atoms with E-state index in [4.69, 9.17) is 11.6 Å². The quantitative estimate of drug-likeness (QED) is 0.835. The van der Waals surface area contributed by atoms with Gasteiger partial charge in [0.2, 0.25) is 0 Å². The summed E-state index contributed by atoms with van der Waals surface area (Å²) in [7, 11) is 0. The average molecular weight is 332 g/mol. The molecule has 0 radical (unpaired) electrons. The van der Waals surface area contributed by atoms with E-state index in [1.54, 1.807) is 0 Å². The van der Waals surface area contributed by atoms with E-state index in [9.17, 15) is 4.79 Å². The summed E-state index contributed by atoms with van der Waals surface area (Å²) in [6.45, 7) is 6.10. The topological polar surface area (TPSA) is 45.7 Å². The first-order valence-corrected chi connectivity index (χ1v) is 8.37. The van der Waals surface area contributed by atoms with E-state index in [1.807, 2.05) is 60.8 Å². The SMILES string of the molecule is CCc1ccc(NC(=O)[C@H](C)[NH2+][C@H](C)c2cccc(Cl)c2)cc1. The van der Waals surface area contributed by atoms with Crippen LogP contribution in [0.25, 0.3) is 0 Å². The summed E-state index contributed by atoms with van der Waals surface area (Å²) in [5.41, 5.74) is 3.21. The predicted octanol–water partition coefficient (Wildman–Crippen LogP) is 3.55. The maximum absolute atomic E-state index is 12.3. The molecule has 0 aromatic heterocycles. The monoisotopic (exact) mass is 331 g/mol. The van der Waals surface area contributed by atoms with Crippen molar-refractivity contribution in [3.63, 3.8) is 0 Å². The molecule has 1 amide bonds. The molecule has 2 aromatic rings. The van der Waals surface area contributed by atoms with Gasteiger partial charge in [0.05, 0.1) is 0 Å². The zero-order valence-corrected chi connectivity index (χ0v) is 14.6. The molecule has 0 saturated carbocycles. The van der Waals surface area contributed by atoms with Crippen LogP contribution in [0.15, 0.2) is 48.5 Å². The lowest BCUT2D eigenvalue weighted by atomic mass is 10.1. The van der Waals surface area contributed by atoms with Gasteiger partial charge in [-0.1, -0.05) is 42.8 Å². The number of carbonyl (C=O) groups excluding carboxylic acids is 1. The standard InChI is InChI=1S/C19H23ClN2O/c1-4-15-8-10-18(11-9-15)22-19(23)14(3)21-13(2)16-6-5-7-17(20)12-16/h5-14,21H,4H2,1-3H3,(H,22,23)/p+1/t13-,14+/m1/s1. The predicted molar refractivity (Wildman–Crippen MR) is 95.7 cm³/mol. The molecule has 0 heterocycles. The van der Waals surface area contributed by atoms with Gasteiger partial charge in [-0.2, -0.15) is 0 Å². The molecule has 0 aliphatic heterocycles. The third-order valence-corrected chi connectivity index (χ3v) is 4.23. The number of hydrogen-bond donors (Lipinski definition) is 2. The number of anilines is 1. The minimum Gasteiger partial charge on any atom is -0.330 e. The van der Waals surface area contributed by atoms with Gasteiger partial charge in [0.15, 0.2) is 6.04 Å². The summed E-state index contributed by atoms with van der Waals surface area (Å²) in [5, 5.41) is 5.73. The Labute approximate surface area is 143 Å². The van der Waals surface area contributed by atoms with E-state index >= 15 is 0 Å². The molecule has 122 valence electrons. The molecule has 23 heavy (non-hydrogen) atoms. The Balaban J connectivity index is 1.93. The molecule has 0 aliphatic carbocycles. The van der Waals surface area contributed by atoms with Gasteiger partial charge in [0.1, 0.15) is 6.04 Å². The first-order chi connectivity index (χ1) is 11.0. The van der Waals surface area contributed by atoms with Gasteiger partial charge in [0, 0.05) is 16.3 Å². The molecule has 0 bridgehead atoms. The molecule has 0 spiro atoms. The van der Waals surface area contributed by atoms with Crippen LogP contribution in [0.2, 0.25) is 5.02 Å². The number of carbonyl (C=O) groups is 1. The summed E-state index contributed by atoms with van der Waals surface area (Å²) in [6.07, 6.45) is 0.996. The minimum atomic E-state index is -0.185. The van der Waals surface area contributed by atoms with Crippen LogP contribution in [0.3, 0.4) is 0 Å². The third-order valence-electron chi connectivity index (χ3n) is 4.00. The maximum Gasteiger partial charge on any atom is 0.282 e. The van der Waals surface area contributed by atoms with Gasteiger partial charge in [-0.15, -0.1) is 0 Å². The molecule has 4 heteroatoms. The number of aryl methyl sites for hydroxylation is 1. The molecule has 2 rings (SSSR count). The summed E-state index contributed by atoms with van der Waals surface area (Å²) in [6, 6.07) is 15.7. The second-order valence-electron chi connectivity index (χ2n) is 5.86. The summed E-state index contributed by atoms with van der Waals surface area (Å²) in [4.78, 5) is 12.3. The van der Waals surface area contributed by atoms with Crippen molar-refractivity contribution in [1.82, 2.24) is 0 Å². The van der Waals surface area contributed by atoms with E-state index in [0.717, 1.165) is 22.7 Å². The lowest BCUT2D eigenvalue weighted by Crippen LogP contribution is -2.91. The second-order valence-corrected chi connectivity index (χ2v) is 6.30. The summed E-state index contributed by atoms with van der Waals surface area (Å²) in [5.74, 6) is 0.00289. The maximum atomic E-state index is 12.3. The zero-order valence-electron chi connectivity index (χ0n) is 13.8. The molecule has 0 saturated heterocycles. The molecular formula is C19H24ClN2O+. The smallest absolute Gasteiger partial charge is 0.282 e. The molecular weight excluding hydrogens is 308 g/mol. The molecule has 3 nitrogen and oxygen atoms in total. The molecule has 0 aliphatic rings. The summed E-state index contributed by atoms with van der Waals surface area (Å²) >= 11 is 6.03. The molecule has 0 unspecified atom stereocenters. The van der Waals surface area contributed by atoms with Crippen molar-refractivity contribution < 1.29 is 10.1 Å². The number of nitrogens with two attached hydrogens (primary N) is 1. The molecule has 2 atom stereocenters. The van der Waals surface area contributed by atoms with E-state index in [-0.39, 0.29) is 18.0 Å². The van der Waals surface area contributed by atoms with E-state index in [2.05, 4.69) is 19.2 Å². The fraction of sp³-hybridized carbons (Fsp3) is 0.316. The third kappa shape index (κ3) is 5.08. The minimum absolute atomic E-state index is 0.00289. The highest BCUT2D eigenvalue weighted by molar-refractivity contribution is 6.30. The number of amides is 1. The van der Waals surface area contributed by atoms with Gasteiger partial charge in [-0.25, -0.2) is 0 Å². The van der Waals surface area contributed by atoms with Crippen molar-refractivity contribution in [2.24, 2.45) is 0 Å². The second kappa shape index (κ2) is 8.14.